The van der Waals surface area contributed by atoms with Gasteiger partial charge in [-0.3, -0.25) is 10.0 Å². The normalized spacial score (nSPS) is 13.2. The van der Waals surface area contributed by atoms with Gasteiger partial charge in [0, 0.05) is 35.2 Å². The van der Waals surface area contributed by atoms with Crippen LogP contribution in [0.3, 0.4) is 0 Å². The van der Waals surface area contributed by atoms with Crippen LogP contribution < -0.4 is 15.1 Å². The summed E-state index contributed by atoms with van der Waals surface area (Å²) < 4.78 is 5.51. The van der Waals surface area contributed by atoms with Crippen molar-refractivity contribution in [2.24, 2.45) is 0 Å². The number of carbonyl (C=O) groups is 1. The first kappa shape index (κ1) is 18.5. The van der Waals surface area contributed by atoms with Crippen molar-refractivity contribution in [3.63, 3.8) is 0 Å². The van der Waals surface area contributed by atoms with Gasteiger partial charge in [-0.1, -0.05) is 29.8 Å². The number of nitrogens with one attached hydrogen (secondary N) is 1. The number of fused-ring (bicyclic) bond motifs is 1. The molecule has 2 heterocycles. The van der Waals surface area contributed by atoms with Crippen molar-refractivity contribution in [3.05, 3.63) is 64.0 Å². The molecule has 2 N–H and O–H groups in total. The summed E-state index contributed by atoms with van der Waals surface area (Å²) in [6, 6.07) is 11.9. The molecule has 0 saturated carbocycles. The summed E-state index contributed by atoms with van der Waals surface area (Å²) in [6.45, 7) is 3.55. The molecule has 0 bridgehead atoms. The first-order valence-corrected chi connectivity index (χ1v) is 9.88. The van der Waals surface area contributed by atoms with E-state index in [0.29, 0.717) is 17.9 Å². The number of hydrogen-bond donors (Lipinski definition) is 2. The molecule has 6 nitrogen and oxygen atoms in total. The predicted molar refractivity (Wildman–Crippen MR) is 109 cm³/mol. The van der Waals surface area contributed by atoms with Crippen LogP contribution in [0.5, 0.6) is 5.75 Å². The molecule has 4 rings (SSSR count). The molecule has 1 aromatic heterocycles. The number of amides is 1. The third-order valence-corrected chi connectivity index (χ3v) is 5.90. The number of hydroxylamine groups is 1. The summed E-state index contributed by atoms with van der Waals surface area (Å²) in [6.07, 6.45) is 0.775. The SMILES string of the molecule is COc1cc(C(=O)NO)cc2c1CN(c1nc(-c3ccc(C)cc3)cs1)CC2. The summed E-state index contributed by atoms with van der Waals surface area (Å²) >= 11 is 1.63. The highest BCUT2D eigenvalue weighted by Gasteiger charge is 2.24. The van der Waals surface area contributed by atoms with Gasteiger partial charge in [0.05, 0.1) is 12.8 Å². The summed E-state index contributed by atoms with van der Waals surface area (Å²) in [4.78, 5) is 18.8. The van der Waals surface area contributed by atoms with Crippen molar-refractivity contribution in [1.29, 1.82) is 0 Å². The summed E-state index contributed by atoms with van der Waals surface area (Å²) in [5.74, 6) is 0.113. The van der Waals surface area contributed by atoms with E-state index in [-0.39, 0.29) is 0 Å². The molecule has 1 aliphatic heterocycles. The highest BCUT2D eigenvalue weighted by Crippen LogP contribution is 2.34. The van der Waals surface area contributed by atoms with Crippen LogP contribution in [0.25, 0.3) is 11.3 Å². The number of rotatable bonds is 4. The third-order valence-electron chi connectivity index (χ3n) is 4.99. The second-order valence-corrected chi connectivity index (χ2v) is 7.65. The Morgan fingerprint density at radius 2 is 2.07 bits per heavy atom. The molecule has 28 heavy (non-hydrogen) atoms. The van der Waals surface area contributed by atoms with Crippen LogP contribution >= 0.6 is 11.3 Å². The van der Waals surface area contributed by atoms with E-state index in [4.69, 9.17) is 14.9 Å². The van der Waals surface area contributed by atoms with Gasteiger partial charge in [-0.25, -0.2) is 10.5 Å². The molecule has 0 saturated heterocycles. The van der Waals surface area contributed by atoms with Crippen LogP contribution in [0, 0.1) is 6.92 Å². The molecular weight excluding hydrogens is 374 g/mol. The van der Waals surface area contributed by atoms with Crippen LogP contribution in [0.4, 0.5) is 5.13 Å². The largest absolute Gasteiger partial charge is 0.496 e. The van der Waals surface area contributed by atoms with Gasteiger partial charge in [-0.05, 0) is 31.0 Å². The zero-order chi connectivity index (χ0) is 19.7. The molecule has 0 unspecified atom stereocenters. The van der Waals surface area contributed by atoms with Crippen molar-refractivity contribution < 1.29 is 14.7 Å². The van der Waals surface area contributed by atoms with Crippen molar-refractivity contribution in [2.45, 2.75) is 19.9 Å². The maximum atomic E-state index is 11.8. The van der Waals surface area contributed by atoms with Gasteiger partial charge in [0.1, 0.15) is 5.75 Å². The fourth-order valence-corrected chi connectivity index (χ4v) is 4.30. The minimum Gasteiger partial charge on any atom is -0.496 e. The second kappa shape index (κ2) is 7.61. The van der Waals surface area contributed by atoms with Gasteiger partial charge in [-0.2, -0.15) is 0 Å². The number of nitrogens with zero attached hydrogens (tertiary/aromatic N) is 2. The van der Waals surface area contributed by atoms with E-state index in [1.807, 2.05) is 6.07 Å². The summed E-state index contributed by atoms with van der Waals surface area (Å²) in [7, 11) is 1.59. The van der Waals surface area contributed by atoms with Crippen molar-refractivity contribution >= 4 is 22.4 Å². The average molecular weight is 395 g/mol. The Labute approximate surface area is 167 Å². The van der Waals surface area contributed by atoms with Gasteiger partial charge in [0.25, 0.3) is 5.91 Å². The van der Waals surface area contributed by atoms with Crippen molar-refractivity contribution in [2.75, 3.05) is 18.6 Å². The van der Waals surface area contributed by atoms with Crippen molar-refractivity contribution in [3.8, 4) is 17.0 Å². The number of aromatic nitrogens is 1. The van der Waals surface area contributed by atoms with Crippen LogP contribution in [-0.2, 0) is 13.0 Å². The Balaban J connectivity index is 1.60. The van der Waals surface area contributed by atoms with Crippen LogP contribution in [0.15, 0.2) is 41.8 Å². The van der Waals surface area contributed by atoms with Gasteiger partial charge < -0.3 is 9.64 Å². The number of thiazole rings is 1. The minimum absolute atomic E-state index is 0.391. The lowest BCUT2D eigenvalue weighted by molar-refractivity contribution is 0.0706. The minimum atomic E-state index is -0.536. The van der Waals surface area contributed by atoms with Crippen LogP contribution in [0.1, 0.15) is 27.0 Å². The van der Waals surface area contributed by atoms with E-state index in [2.05, 4.69) is 41.5 Å². The monoisotopic (exact) mass is 395 g/mol. The fraction of sp³-hybridized carbons (Fsp3) is 0.238. The maximum Gasteiger partial charge on any atom is 0.274 e. The van der Waals surface area contributed by atoms with Crippen molar-refractivity contribution in [1.82, 2.24) is 10.5 Å². The van der Waals surface area contributed by atoms with E-state index < -0.39 is 5.91 Å². The first-order chi connectivity index (χ1) is 13.6. The third kappa shape index (κ3) is 3.46. The lowest BCUT2D eigenvalue weighted by Gasteiger charge is -2.30. The smallest absolute Gasteiger partial charge is 0.274 e. The molecule has 1 aliphatic rings. The number of aryl methyl sites for hydroxylation is 1. The predicted octanol–water partition coefficient (Wildman–Crippen LogP) is 3.81. The lowest BCUT2D eigenvalue weighted by Crippen LogP contribution is -2.31. The molecule has 0 radical (unpaired) electrons. The number of hydrogen-bond acceptors (Lipinski definition) is 6. The Morgan fingerprint density at radius 1 is 1.29 bits per heavy atom. The van der Waals surface area contributed by atoms with Crippen LogP contribution in [-0.4, -0.2) is 29.8 Å². The Kier molecular flexibility index (Phi) is 5.02. The summed E-state index contributed by atoms with van der Waals surface area (Å²) in [5.41, 5.74) is 7.51. The van der Waals surface area contributed by atoms with Gasteiger partial charge in [-0.15, -0.1) is 11.3 Å². The Hall–Kier alpha value is -2.90. The number of carbonyl (C=O) groups excluding carboxylic acids is 1. The second-order valence-electron chi connectivity index (χ2n) is 6.81. The molecule has 2 aromatic carbocycles. The molecule has 0 fully saturated rings. The number of methoxy groups -OCH3 is 1. The molecule has 0 aliphatic carbocycles. The van der Waals surface area contributed by atoms with E-state index in [1.54, 1.807) is 30.0 Å². The molecule has 7 heteroatoms. The van der Waals surface area contributed by atoms with E-state index in [0.717, 1.165) is 40.5 Å². The van der Waals surface area contributed by atoms with Gasteiger partial charge >= 0.3 is 0 Å². The maximum absolute atomic E-state index is 11.8. The molecule has 0 spiro atoms. The lowest BCUT2D eigenvalue weighted by atomic mass is 9.96. The van der Waals surface area contributed by atoms with E-state index in [1.165, 1.54) is 5.56 Å². The van der Waals surface area contributed by atoms with E-state index >= 15 is 0 Å². The topological polar surface area (TPSA) is 74.7 Å². The quantitative estimate of drug-likeness (QED) is 0.519. The van der Waals surface area contributed by atoms with Gasteiger partial charge in [0.15, 0.2) is 5.13 Å². The standard InChI is InChI=1S/C21H21N3O3S/c1-13-3-5-14(6-4-13)18-12-28-21(22-18)24-8-7-15-9-16(20(25)23-26)10-19(27-2)17(15)11-24/h3-6,9-10,12,26H,7-8,11H2,1-2H3,(H,23,25). The molecule has 144 valence electrons. The first-order valence-electron chi connectivity index (χ1n) is 9.01. The fourth-order valence-electron chi connectivity index (χ4n) is 3.44. The highest BCUT2D eigenvalue weighted by molar-refractivity contribution is 7.14. The Bertz CT molecular complexity index is 997. The average Bonchev–Trinajstić information content (AvgIpc) is 3.22. The molecule has 3 aromatic rings. The highest BCUT2D eigenvalue weighted by atomic mass is 32.1. The molecule has 1 amide bonds. The number of anilines is 1. The molecular formula is C21H21N3O3S. The van der Waals surface area contributed by atoms with E-state index in [9.17, 15) is 4.79 Å². The molecule has 0 atom stereocenters. The zero-order valence-corrected chi connectivity index (χ0v) is 16.5. The number of ether oxygens (including phenoxy) is 1. The number of benzene rings is 2. The van der Waals surface area contributed by atoms with Crippen LogP contribution in [0.2, 0.25) is 0 Å². The summed E-state index contributed by atoms with van der Waals surface area (Å²) in [5, 5.41) is 12.0. The van der Waals surface area contributed by atoms with Gasteiger partial charge in [0.2, 0.25) is 0 Å². The Morgan fingerprint density at radius 3 is 2.79 bits per heavy atom. The zero-order valence-electron chi connectivity index (χ0n) is 15.7.